The molecular formula is C26H28N4O2. The Kier molecular flexibility index (Phi) is 4.95. The number of carbonyl (C=O) groups is 1. The molecule has 1 saturated heterocycles. The van der Waals surface area contributed by atoms with Crippen molar-refractivity contribution >= 4 is 22.5 Å². The number of nitrogens with zero attached hydrogens (tertiary/aromatic N) is 4. The molecule has 0 bridgehead atoms. The van der Waals surface area contributed by atoms with E-state index < -0.39 is 0 Å². The average Bonchev–Trinajstić information content (AvgIpc) is 3.21. The van der Waals surface area contributed by atoms with E-state index in [1.54, 1.807) is 4.90 Å². The number of hydrogen-bond acceptors (Lipinski definition) is 4. The van der Waals surface area contributed by atoms with Gasteiger partial charge in [-0.2, -0.15) is 5.10 Å². The number of hydrogen-bond donors (Lipinski definition) is 0. The molecular weight excluding hydrogens is 400 g/mol. The number of rotatable bonds is 7. The summed E-state index contributed by atoms with van der Waals surface area (Å²) < 4.78 is 7.99. The summed E-state index contributed by atoms with van der Waals surface area (Å²) >= 11 is 0. The van der Waals surface area contributed by atoms with Crippen LogP contribution in [0.1, 0.15) is 37.2 Å². The zero-order valence-electron chi connectivity index (χ0n) is 18.2. The van der Waals surface area contributed by atoms with Crippen LogP contribution in [-0.2, 0) is 11.3 Å². The Labute approximate surface area is 188 Å². The molecule has 3 aliphatic rings. The summed E-state index contributed by atoms with van der Waals surface area (Å²) in [5.41, 5.74) is 3.35. The average molecular weight is 429 g/mol. The minimum Gasteiger partial charge on any atom is -0.452 e. The number of amides is 1. The van der Waals surface area contributed by atoms with E-state index in [4.69, 9.17) is 4.74 Å². The lowest BCUT2D eigenvalue weighted by Gasteiger charge is -2.17. The van der Waals surface area contributed by atoms with Crippen LogP contribution in [0.25, 0.3) is 10.9 Å². The molecule has 1 aromatic heterocycles. The fourth-order valence-electron chi connectivity index (χ4n) is 4.80. The third-order valence-electron chi connectivity index (χ3n) is 6.84. The minimum atomic E-state index is -0.1000. The van der Waals surface area contributed by atoms with Gasteiger partial charge in [0.2, 0.25) is 0 Å². The van der Waals surface area contributed by atoms with Gasteiger partial charge in [0.25, 0.3) is 5.91 Å². The first-order valence-electron chi connectivity index (χ1n) is 11.7. The van der Waals surface area contributed by atoms with Gasteiger partial charge in [-0.3, -0.25) is 9.48 Å². The number of benzene rings is 2. The maximum atomic E-state index is 13.0. The van der Waals surface area contributed by atoms with E-state index in [1.807, 2.05) is 36.5 Å². The molecule has 0 N–H and O–H groups in total. The van der Waals surface area contributed by atoms with Gasteiger partial charge in [0, 0.05) is 24.2 Å². The molecule has 0 unspecified atom stereocenters. The summed E-state index contributed by atoms with van der Waals surface area (Å²) in [5, 5.41) is 5.64. The van der Waals surface area contributed by atoms with Crippen molar-refractivity contribution in [1.82, 2.24) is 14.7 Å². The van der Waals surface area contributed by atoms with Gasteiger partial charge >= 0.3 is 0 Å². The first-order chi connectivity index (χ1) is 15.7. The SMILES string of the molecule is O=C1C(Oc2ccc(C3CC3)cc2)=CCN1c1ccc2c(cnn2CCN2CCCC2)c1. The molecule has 1 saturated carbocycles. The molecule has 32 heavy (non-hydrogen) atoms. The lowest BCUT2D eigenvalue weighted by atomic mass is 10.1. The predicted octanol–water partition coefficient (Wildman–Crippen LogP) is 4.32. The van der Waals surface area contributed by atoms with Crippen molar-refractivity contribution in [2.24, 2.45) is 0 Å². The van der Waals surface area contributed by atoms with E-state index in [0.717, 1.165) is 29.7 Å². The largest absolute Gasteiger partial charge is 0.452 e. The molecule has 2 fully saturated rings. The molecule has 6 nitrogen and oxygen atoms in total. The first kappa shape index (κ1) is 19.6. The number of ether oxygens (including phenoxy) is 1. The molecule has 2 aliphatic heterocycles. The Balaban J connectivity index is 1.13. The standard InChI is InChI=1S/C26H28N4O2/c31-26-25(32-23-8-5-20(6-9-23)19-3-4-19)11-14-29(26)22-7-10-24-21(17-22)18-27-30(24)16-15-28-12-1-2-13-28/h5-11,17-19H,1-4,12-16H2. The highest BCUT2D eigenvalue weighted by molar-refractivity contribution is 6.08. The van der Waals surface area contributed by atoms with E-state index in [9.17, 15) is 4.79 Å². The molecule has 164 valence electrons. The molecule has 1 aliphatic carbocycles. The molecule has 3 aromatic rings. The number of fused-ring (bicyclic) bond motifs is 1. The zero-order chi connectivity index (χ0) is 21.5. The summed E-state index contributed by atoms with van der Waals surface area (Å²) in [6, 6.07) is 14.3. The van der Waals surface area contributed by atoms with E-state index in [1.165, 1.54) is 44.3 Å². The van der Waals surface area contributed by atoms with Gasteiger partial charge in [0.1, 0.15) is 5.75 Å². The normalized spacial score (nSPS) is 19.2. The van der Waals surface area contributed by atoms with Gasteiger partial charge in [-0.25, -0.2) is 0 Å². The van der Waals surface area contributed by atoms with Crippen LogP contribution in [0.2, 0.25) is 0 Å². The Morgan fingerprint density at radius 3 is 2.59 bits per heavy atom. The van der Waals surface area contributed by atoms with Crippen LogP contribution in [0.3, 0.4) is 0 Å². The minimum absolute atomic E-state index is 0.1000. The third kappa shape index (κ3) is 3.79. The molecule has 3 heterocycles. The number of likely N-dealkylation sites (tertiary alicyclic amines) is 1. The highest BCUT2D eigenvalue weighted by Gasteiger charge is 2.28. The van der Waals surface area contributed by atoms with Crippen molar-refractivity contribution in [2.45, 2.75) is 38.1 Å². The van der Waals surface area contributed by atoms with Crippen molar-refractivity contribution in [3.63, 3.8) is 0 Å². The summed E-state index contributed by atoms with van der Waals surface area (Å²) in [5.74, 6) is 1.72. The van der Waals surface area contributed by atoms with Crippen molar-refractivity contribution in [1.29, 1.82) is 0 Å². The predicted molar refractivity (Wildman–Crippen MR) is 125 cm³/mol. The van der Waals surface area contributed by atoms with E-state index in [-0.39, 0.29) is 5.91 Å². The Morgan fingerprint density at radius 2 is 1.81 bits per heavy atom. The fourth-order valence-corrected chi connectivity index (χ4v) is 4.80. The number of carbonyl (C=O) groups excluding carboxylic acids is 1. The van der Waals surface area contributed by atoms with Crippen LogP contribution in [0.4, 0.5) is 5.69 Å². The van der Waals surface area contributed by atoms with Crippen molar-refractivity contribution < 1.29 is 9.53 Å². The van der Waals surface area contributed by atoms with Crippen molar-refractivity contribution in [2.75, 3.05) is 31.1 Å². The van der Waals surface area contributed by atoms with Crippen LogP contribution in [-0.4, -0.2) is 46.8 Å². The van der Waals surface area contributed by atoms with E-state index >= 15 is 0 Å². The summed E-state index contributed by atoms with van der Waals surface area (Å²) in [4.78, 5) is 17.2. The monoisotopic (exact) mass is 428 g/mol. The lowest BCUT2D eigenvalue weighted by Crippen LogP contribution is -2.27. The van der Waals surface area contributed by atoms with Gasteiger partial charge in [-0.1, -0.05) is 12.1 Å². The summed E-state index contributed by atoms with van der Waals surface area (Å²) in [7, 11) is 0. The Morgan fingerprint density at radius 1 is 1.00 bits per heavy atom. The Hall–Kier alpha value is -3.12. The number of anilines is 1. The van der Waals surface area contributed by atoms with Crippen LogP contribution in [0.5, 0.6) is 5.75 Å². The van der Waals surface area contributed by atoms with Gasteiger partial charge in [0.05, 0.1) is 18.3 Å². The highest BCUT2D eigenvalue weighted by Crippen LogP contribution is 2.40. The second kappa shape index (κ2) is 8.10. The van der Waals surface area contributed by atoms with Crippen LogP contribution in [0, 0.1) is 0 Å². The molecule has 2 aromatic carbocycles. The molecule has 1 amide bonds. The fraction of sp³-hybridized carbons (Fsp3) is 0.385. The molecule has 0 atom stereocenters. The molecule has 0 radical (unpaired) electrons. The number of aromatic nitrogens is 2. The van der Waals surface area contributed by atoms with Crippen LogP contribution >= 0.6 is 0 Å². The van der Waals surface area contributed by atoms with E-state index in [0.29, 0.717) is 24.0 Å². The topological polar surface area (TPSA) is 50.6 Å². The van der Waals surface area contributed by atoms with Gasteiger partial charge in [-0.15, -0.1) is 0 Å². The van der Waals surface area contributed by atoms with Crippen LogP contribution in [0.15, 0.2) is 60.5 Å². The maximum absolute atomic E-state index is 13.0. The lowest BCUT2D eigenvalue weighted by molar-refractivity contribution is -0.116. The molecule has 0 spiro atoms. The highest BCUT2D eigenvalue weighted by atomic mass is 16.5. The molecule has 6 rings (SSSR count). The molecule has 6 heteroatoms. The summed E-state index contributed by atoms with van der Waals surface area (Å²) in [6.45, 7) is 4.84. The van der Waals surface area contributed by atoms with Gasteiger partial charge < -0.3 is 14.5 Å². The van der Waals surface area contributed by atoms with E-state index in [2.05, 4.69) is 32.9 Å². The quantitative estimate of drug-likeness (QED) is 0.562. The first-order valence-corrected chi connectivity index (χ1v) is 11.7. The van der Waals surface area contributed by atoms with Crippen LogP contribution < -0.4 is 9.64 Å². The van der Waals surface area contributed by atoms with Gasteiger partial charge in [0.15, 0.2) is 5.76 Å². The second-order valence-electron chi connectivity index (χ2n) is 9.09. The Bertz CT molecular complexity index is 1170. The van der Waals surface area contributed by atoms with Gasteiger partial charge in [-0.05, 0) is 86.7 Å². The maximum Gasteiger partial charge on any atom is 0.294 e. The third-order valence-corrected chi connectivity index (χ3v) is 6.84. The summed E-state index contributed by atoms with van der Waals surface area (Å²) in [6.07, 6.45) is 8.93. The second-order valence-corrected chi connectivity index (χ2v) is 9.09. The van der Waals surface area contributed by atoms with Crippen molar-refractivity contribution in [3.8, 4) is 5.75 Å². The zero-order valence-corrected chi connectivity index (χ0v) is 18.2. The van der Waals surface area contributed by atoms with Crippen molar-refractivity contribution in [3.05, 3.63) is 66.1 Å². The smallest absolute Gasteiger partial charge is 0.294 e.